The van der Waals surface area contributed by atoms with Crippen molar-refractivity contribution in [3.8, 4) is 0 Å². The number of aryl methyl sites for hydroxylation is 1. The van der Waals surface area contributed by atoms with E-state index in [1.54, 1.807) is 37.4 Å². The molecule has 0 saturated heterocycles. The Kier molecular flexibility index (Phi) is 6.31. The molecule has 0 atom stereocenters. The van der Waals surface area contributed by atoms with Gasteiger partial charge in [0.2, 0.25) is 5.95 Å². The Bertz CT molecular complexity index is 679. The molecule has 2 rings (SSSR count). The number of carbonyl (C=O) groups excluding carboxylic acids is 1. The zero-order valence-corrected chi connectivity index (χ0v) is 13.9. The molecule has 2 N–H and O–H groups in total. The van der Waals surface area contributed by atoms with E-state index in [9.17, 15) is 4.79 Å². The molecular weight excluding hydrogens is 316 g/mol. The van der Waals surface area contributed by atoms with Crippen LogP contribution in [0.1, 0.15) is 22.6 Å². The molecule has 1 aromatic carbocycles. The first kappa shape index (κ1) is 17.2. The number of methoxy groups -OCH3 is 1. The van der Waals surface area contributed by atoms with Crippen LogP contribution in [0.25, 0.3) is 0 Å². The summed E-state index contributed by atoms with van der Waals surface area (Å²) >= 11 is 6.04. The molecule has 1 amide bonds. The number of aromatic nitrogens is 2. The number of nitrogens with zero attached hydrogens (tertiary/aromatic N) is 2. The van der Waals surface area contributed by atoms with Gasteiger partial charge in [-0.05, 0) is 31.5 Å². The minimum absolute atomic E-state index is 0.284. The number of benzene rings is 1. The number of amides is 1. The molecular formula is C16H19ClN4O2. The largest absolute Gasteiger partial charge is 0.385 e. The number of hydrogen-bond donors (Lipinski definition) is 2. The standard InChI is InChI=1S/C16H19ClN4O2/c1-11-10-14(21-16(19-11)18-8-5-9-23-2)15(22)20-13-7-4-3-6-12(13)17/h3-4,6-7,10H,5,8-9H2,1-2H3,(H,20,22)(H,18,19,21). The summed E-state index contributed by atoms with van der Waals surface area (Å²) in [6.07, 6.45) is 0.828. The van der Waals surface area contributed by atoms with E-state index in [-0.39, 0.29) is 11.6 Å². The summed E-state index contributed by atoms with van der Waals surface area (Å²) in [4.78, 5) is 20.8. The fourth-order valence-electron chi connectivity index (χ4n) is 1.93. The molecule has 0 fully saturated rings. The van der Waals surface area contributed by atoms with Gasteiger partial charge < -0.3 is 15.4 Å². The summed E-state index contributed by atoms with van der Waals surface area (Å²) in [5, 5.41) is 6.31. The van der Waals surface area contributed by atoms with Gasteiger partial charge in [0.25, 0.3) is 5.91 Å². The molecule has 0 unspecified atom stereocenters. The third-order valence-corrected chi connectivity index (χ3v) is 3.35. The van der Waals surface area contributed by atoms with E-state index in [2.05, 4.69) is 20.6 Å². The van der Waals surface area contributed by atoms with Crippen LogP contribution in [-0.4, -0.2) is 36.1 Å². The van der Waals surface area contributed by atoms with Gasteiger partial charge in [-0.3, -0.25) is 4.79 Å². The highest BCUT2D eigenvalue weighted by molar-refractivity contribution is 6.33. The number of para-hydroxylation sites is 1. The summed E-state index contributed by atoms with van der Waals surface area (Å²) < 4.78 is 4.99. The summed E-state index contributed by atoms with van der Waals surface area (Å²) in [7, 11) is 1.65. The zero-order chi connectivity index (χ0) is 16.7. The second-order valence-corrected chi connectivity index (χ2v) is 5.33. The van der Waals surface area contributed by atoms with E-state index in [0.717, 1.165) is 6.42 Å². The molecule has 6 nitrogen and oxygen atoms in total. The Balaban J connectivity index is 2.08. The number of halogens is 1. The number of carbonyl (C=O) groups is 1. The van der Waals surface area contributed by atoms with E-state index in [1.807, 2.05) is 6.92 Å². The van der Waals surface area contributed by atoms with Gasteiger partial charge in [-0.1, -0.05) is 23.7 Å². The van der Waals surface area contributed by atoms with Crippen molar-refractivity contribution in [3.05, 3.63) is 46.7 Å². The molecule has 0 spiro atoms. The van der Waals surface area contributed by atoms with Crippen molar-refractivity contribution in [2.24, 2.45) is 0 Å². The summed E-state index contributed by atoms with van der Waals surface area (Å²) in [5.41, 5.74) is 1.54. The molecule has 2 aromatic rings. The lowest BCUT2D eigenvalue weighted by molar-refractivity contribution is 0.102. The van der Waals surface area contributed by atoms with Crippen molar-refractivity contribution in [2.45, 2.75) is 13.3 Å². The molecule has 0 aliphatic carbocycles. The van der Waals surface area contributed by atoms with E-state index in [0.29, 0.717) is 35.5 Å². The lowest BCUT2D eigenvalue weighted by atomic mass is 10.3. The highest BCUT2D eigenvalue weighted by Crippen LogP contribution is 2.21. The lowest BCUT2D eigenvalue weighted by Crippen LogP contribution is -2.17. The van der Waals surface area contributed by atoms with Crippen LogP contribution in [0, 0.1) is 6.92 Å². The summed E-state index contributed by atoms with van der Waals surface area (Å²) in [6.45, 7) is 3.13. The molecule has 1 aromatic heterocycles. The van der Waals surface area contributed by atoms with Crippen LogP contribution in [-0.2, 0) is 4.74 Å². The van der Waals surface area contributed by atoms with E-state index in [4.69, 9.17) is 16.3 Å². The zero-order valence-electron chi connectivity index (χ0n) is 13.1. The van der Waals surface area contributed by atoms with Gasteiger partial charge in [-0.2, -0.15) is 0 Å². The smallest absolute Gasteiger partial charge is 0.274 e. The van der Waals surface area contributed by atoms with Gasteiger partial charge in [0.05, 0.1) is 10.7 Å². The van der Waals surface area contributed by atoms with Crippen LogP contribution in [0.3, 0.4) is 0 Å². The third-order valence-electron chi connectivity index (χ3n) is 3.02. The molecule has 0 radical (unpaired) electrons. The second-order valence-electron chi connectivity index (χ2n) is 4.93. The van der Waals surface area contributed by atoms with Crippen molar-refractivity contribution < 1.29 is 9.53 Å². The van der Waals surface area contributed by atoms with Crippen molar-refractivity contribution in [2.75, 3.05) is 30.9 Å². The highest BCUT2D eigenvalue weighted by Gasteiger charge is 2.12. The van der Waals surface area contributed by atoms with Crippen molar-refractivity contribution >= 4 is 29.1 Å². The molecule has 0 aliphatic rings. The molecule has 0 bridgehead atoms. The number of nitrogens with one attached hydrogen (secondary N) is 2. The van der Waals surface area contributed by atoms with E-state index >= 15 is 0 Å². The van der Waals surface area contributed by atoms with Gasteiger partial charge in [0.1, 0.15) is 5.69 Å². The van der Waals surface area contributed by atoms with E-state index < -0.39 is 0 Å². The van der Waals surface area contributed by atoms with E-state index in [1.165, 1.54) is 0 Å². The average Bonchev–Trinajstić information content (AvgIpc) is 2.53. The van der Waals surface area contributed by atoms with Crippen molar-refractivity contribution in [3.63, 3.8) is 0 Å². The van der Waals surface area contributed by atoms with Crippen LogP contribution in [0.15, 0.2) is 30.3 Å². The first-order chi connectivity index (χ1) is 11.1. The Hall–Kier alpha value is -2.18. The predicted octanol–water partition coefficient (Wildman–Crippen LogP) is 3.14. The predicted molar refractivity (Wildman–Crippen MR) is 91.2 cm³/mol. The Labute approximate surface area is 140 Å². The van der Waals surface area contributed by atoms with Gasteiger partial charge in [-0.15, -0.1) is 0 Å². The lowest BCUT2D eigenvalue weighted by Gasteiger charge is -2.09. The van der Waals surface area contributed by atoms with Crippen LogP contribution < -0.4 is 10.6 Å². The average molecular weight is 335 g/mol. The molecule has 23 heavy (non-hydrogen) atoms. The first-order valence-corrected chi connectivity index (χ1v) is 7.62. The second kappa shape index (κ2) is 8.45. The van der Waals surface area contributed by atoms with Crippen LogP contribution >= 0.6 is 11.6 Å². The van der Waals surface area contributed by atoms with Crippen molar-refractivity contribution in [1.82, 2.24) is 9.97 Å². The summed E-state index contributed by atoms with van der Waals surface area (Å²) in [5.74, 6) is 0.0916. The highest BCUT2D eigenvalue weighted by atomic mass is 35.5. The minimum Gasteiger partial charge on any atom is -0.385 e. The number of anilines is 2. The third kappa shape index (κ3) is 5.19. The maximum absolute atomic E-state index is 12.3. The first-order valence-electron chi connectivity index (χ1n) is 7.24. The fraction of sp³-hybridized carbons (Fsp3) is 0.312. The molecule has 0 aliphatic heterocycles. The van der Waals surface area contributed by atoms with Crippen LogP contribution in [0.5, 0.6) is 0 Å². The maximum atomic E-state index is 12.3. The quantitative estimate of drug-likeness (QED) is 0.761. The molecule has 1 heterocycles. The van der Waals surface area contributed by atoms with Crippen molar-refractivity contribution in [1.29, 1.82) is 0 Å². The number of ether oxygens (including phenoxy) is 1. The van der Waals surface area contributed by atoms with Gasteiger partial charge in [-0.25, -0.2) is 9.97 Å². The SMILES string of the molecule is COCCCNc1nc(C)cc(C(=O)Nc2ccccc2Cl)n1. The monoisotopic (exact) mass is 334 g/mol. The topological polar surface area (TPSA) is 76.1 Å². The fourth-order valence-corrected chi connectivity index (χ4v) is 2.11. The Morgan fingerprint density at radius 3 is 2.83 bits per heavy atom. The Morgan fingerprint density at radius 1 is 1.30 bits per heavy atom. The minimum atomic E-state index is -0.330. The summed E-state index contributed by atoms with van der Waals surface area (Å²) in [6, 6.07) is 8.68. The number of rotatable bonds is 7. The Morgan fingerprint density at radius 2 is 2.09 bits per heavy atom. The molecule has 122 valence electrons. The van der Waals surface area contributed by atoms with Gasteiger partial charge in [0.15, 0.2) is 0 Å². The number of hydrogen-bond acceptors (Lipinski definition) is 5. The molecule has 0 saturated carbocycles. The maximum Gasteiger partial charge on any atom is 0.274 e. The van der Waals surface area contributed by atoms with Crippen LogP contribution in [0.4, 0.5) is 11.6 Å². The van der Waals surface area contributed by atoms with Crippen LogP contribution in [0.2, 0.25) is 5.02 Å². The van der Waals surface area contributed by atoms with Gasteiger partial charge >= 0.3 is 0 Å². The normalized spacial score (nSPS) is 10.4. The molecule has 7 heteroatoms. The van der Waals surface area contributed by atoms with Gasteiger partial charge in [0, 0.05) is 26.0 Å².